The Morgan fingerprint density at radius 3 is 2.42 bits per heavy atom. The van der Waals surface area contributed by atoms with E-state index in [1.165, 1.54) is 5.56 Å². The van der Waals surface area contributed by atoms with Crippen molar-refractivity contribution in [2.75, 3.05) is 7.11 Å². The number of benzene rings is 2. The lowest BCUT2D eigenvalue weighted by Crippen LogP contribution is -2.38. The standard InChI is InChI=1S/C16H16O2.ClH/c1-17-16(14-8-3-2-4-9-14)12-11-13-7-5-6-10-15(13)18-16;/h2-10H,11-12H2,1H3;1H. The largest absolute Gasteiger partial charge is 0.458 e. The Kier molecular flexibility index (Phi) is 4.13. The molecule has 0 spiro atoms. The highest BCUT2D eigenvalue weighted by Crippen LogP contribution is 2.39. The number of rotatable bonds is 2. The molecular formula is C16H17ClO2. The van der Waals surface area contributed by atoms with Crippen molar-refractivity contribution in [2.45, 2.75) is 18.6 Å². The van der Waals surface area contributed by atoms with Crippen LogP contribution in [-0.4, -0.2) is 7.11 Å². The van der Waals surface area contributed by atoms with E-state index in [9.17, 15) is 0 Å². The monoisotopic (exact) mass is 276 g/mol. The Bertz CT molecular complexity index is 541. The number of hydrogen-bond acceptors (Lipinski definition) is 2. The molecule has 3 heteroatoms. The van der Waals surface area contributed by atoms with Gasteiger partial charge in [-0.2, -0.15) is 0 Å². The van der Waals surface area contributed by atoms with E-state index in [4.69, 9.17) is 9.47 Å². The first-order valence-corrected chi connectivity index (χ1v) is 6.22. The fourth-order valence-electron chi connectivity index (χ4n) is 2.49. The quantitative estimate of drug-likeness (QED) is 0.827. The molecular weight excluding hydrogens is 260 g/mol. The number of fused-ring (bicyclic) bond motifs is 1. The van der Waals surface area contributed by atoms with Gasteiger partial charge in [-0.15, -0.1) is 12.4 Å². The van der Waals surface area contributed by atoms with Gasteiger partial charge in [-0.3, -0.25) is 0 Å². The van der Waals surface area contributed by atoms with Crippen molar-refractivity contribution in [1.29, 1.82) is 0 Å². The molecule has 100 valence electrons. The predicted octanol–water partition coefficient (Wildman–Crippen LogP) is 3.93. The lowest BCUT2D eigenvalue weighted by molar-refractivity contribution is -0.183. The summed E-state index contributed by atoms with van der Waals surface area (Å²) in [4.78, 5) is 0. The summed E-state index contributed by atoms with van der Waals surface area (Å²) in [5.41, 5.74) is 2.32. The van der Waals surface area contributed by atoms with Crippen molar-refractivity contribution in [1.82, 2.24) is 0 Å². The molecule has 2 nitrogen and oxygen atoms in total. The summed E-state index contributed by atoms with van der Waals surface area (Å²) < 4.78 is 11.8. The minimum atomic E-state index is -0.643. The van der Waals surface area contributed by atoms with Crippen LogP contribution in [0.5, 0.6) is 5.75 Å². The Morgan fingerprint density at radius 1 is 1.00 bits per heavy atom. The highest BCUT2D eigenvalue weighted by molar-refractivity contribution is 5.85. The molecule has 1 atom stereocenters. The smallest absolute Gasteiger partial charge is 0.237 e. The molecule has 0 bridgehead atoms. The van der Waals surface area contributed by atoms with Crippen LogP contribution in [0.1, 0.15) is 17.5 Å². The summed E-state index contributed by atoms with van der Waals surface area (Å²) in [6.45, 7) is 0. The average Bonchev–Trinajstić information content (AvgIpc) is 2.47. The van der Waals surface area contributed by atoms with Gasteiger partial charge in [-0.05, 0) is 18.1 Å². The average molecular weight is 277 g/mol. The van der Waals surface area contributed by atoms with Crippen molar-refractivity contribution < 1.29 is 9.47 Å². The molecule has 2 aromatic carbocycles. The minimum absolute atomic E-state index is 0. The van der Waals surface area contributed by atoms with Crippen LogP contribution in [0.3, 0.4) is 0 Å². The first-order chi connectivity index (χ1) is 8.84. The molecule has 0 aromatic heterocycles. The summed E-state index contributed by atoms with van der Waals surface area (Å²) in [6.07, 6.45) is 1.81. The van der Waals surface area contributed by atoms with Gasteiger partial charge in [0.2, 0.25) is 5.79 Å². The summed E-state index contributed by atoms with van der Waals surface area (Å²) in [5.74, 6) is 0.282. The van der Waals surface area contributed by atoms with Gasteiger partial charge < -0.3 is 9.47 Å². The van der Waals surface area contributed by atoms with Gasteiger partial charge in [0.1, 0.15) is 5.75 Å². The third-order valence-electron chi connectivity index (χ3n) is 3.51. The molecule has 0 radical (unpaired) electrons. The number of hydrogen-bond donors (Lipinski definition) is 0. The molecule has 2 aromatic rings. The SMILES string of the molecule is COC1(c2ccccc2)CCc2ccccc2O1.Cl. The van der Waals surface area contributed by atoms with Gasteiger partial charge in [-0.25, -0.2) is 0 Å². The zero-order valence-corrected chi connectivity index (χ0v) is 11.7. The summed E-state index contributed by atoms with van der Waals surface area (Å²) >= 11 is 0. The molecule has 0 amide bonds. The third kappa shape index (κ3) is 2.46. The van der Waals surface area contributed by atoms with Crippen LogP contribution < -0.4 is 4.74 Å². The maximum Gasteiger partial charge on any atom is 0.237 e. The molecule has 1 unspecified atom stereocenters. The topological polar surface area (TPSA) is 18.5 Å². The minimum Gasteiger partial charge on any atom is -0.458 e. The molecule has 19 heavy (non-hydrogen) atoms. The van der Waals surface area contributed by atoms with E-state index in [-0.39, 0.29) is 12.4 Å². The summed E-state index contributed by atoms with van der Waals surface area (Å²) in [7, 11) is 1.71. The van der Waals surface area contributed by atoms with E-state index >= 15 is 0 Å². The van der Waals surface area contributed by atoms with Crippen LogP contribution in [0.4, 0.5) is 0 Å². The van der Waals surface area contributed by atoms with E-state index in [0.29, 0.717) is 0 Å². The van der Waals surface area contributed by atoms with Crippen molar-refractivity contribution in [3.8, 4) is 5.75 Å². The number of ether oxygens (including phenoxy) is 2. The van der Waals surface area contributed by atoms with Crippen LogP contribution in [0.2, 0.25) is 0 Å². The van der Waals surface area contributed by atoms with Gasteiger partial charge in [-0.1, -0.05) is 48.5 Å². The molecule has 3 rings (SSSR count). The lowest BCUT2D eigenvalue weighted by atomic mass is 9.94. The second-order valence-electron chi connectivity index (χ2n) is 4.53. The van der Waals surface area contributed by atoms with Gasteiger partial charge in [0.15, 0.2) is 0 Å². The molecule has 1 heterocycles. The van der Waals surface area contributed by atoms with E-state index in [2.05, 4.69) is 18.2 Å². The first kappa shape index (κ1) is 13.9. The second-order valence-corrected chi connectivity index (χ2v) is 4.53. The van der Waals surface area contributed by atoms with Crippen molar-refractivity contribution in [3.63, 3.8) is 0 Å². The molecule has 1 aliphatic rings. The fraction of sp³-hybridized carbons (Fsp3) is 0.250. The van der Waals surface area contributed by atoms with Gasteiger partial charge in [0.05, 0.1) is 0 Å². The van der Waals surface area contributed by atoms with Gasteiger partial charge in [0, 0.05) is 19.1 Å². The second kappa shape index (κ2) is 5.64. The number of para-hydroxylation sites is 1. The maximum absolute atomic E-state index is 6.13. The van der Waals surface area contributed by atoms with Crippen molar-refractivity contribution in [3.05, 3.63) is 65.7 Å². The highest BCUT2D eigenvalue weighted by Gasteiger charge is 2.38. The zero-order valence-electron chi connectivity index (χ0n) is 10.8. The zero-order chi connectivity index (χ0) is 12.4. The van der Waals surface area contributed by atoms with Crippen molar-refractivity contribution in [2.24, 2.45) is 0 Å². The summed E-state index contributed by atoms with van der Waals surface area (Å²) in [5, 5.41) is 0. The van der Waals surface area contributed by atoms with Crippen LogP contribution >= 0.6 is 12.4 Å². The lowest BCUT2D eigenvalue weighted by Gasteiger charge is -2.37. The van der Waals surface area contributed by atoms with Crippen LogP contribution in [0.15, 0.2) is 54.6 Å². The summed E-state index contributed by atoms with van der Waals surface area (Å²) in [6, 6.07) is 18.3. The van der Waals surface area contributed by atoms with E-state index in [0.717, 1.165) is 24.2 Å². The fourth-order valence-corrected chi connectivity index (χ4v) is 2.49. The highest BCUT2D eigenvalue weighted by atomic mass is 35.5. The molecule has 0 fully saturated rings. The molecule has 0 N–H and O–H groups in total. The van der Waals surface area contributed by atoms with Crippen LogP contribution in [-0.2, 0) is 16.9 Å². The van der Waals surface area contributed by atoms with Crippen LogP contribution in [0.25, 0.3) is 0 Å². The maximum atomic E-state index is 6.13. The number of methoxy groups -OCH3 is 1. The Hall–Kier alpha value is -1.51. The van der Waals surface area contributed by atoms with Gasteiger partial charge >= 0.3 is 0 Å². The van der Waals surface area contributed by atoms with Gasteiger partial charge in [0.25, 0.3) is 0 Å². The first-order valence-electron chi connectivity index (χ1n) is 6.22. The molecule has 0 saturated carbocycles. The Labute approximate surface area is 119 Å². The molecule has 0 saturated heterocycles. The normalized spacial score (nSPS) is 20.9. The van der Waals surface area contributed by atoms with E-state index < -0.39 is 5.79 Å². The Balaban J connectivity index is 0.00000133. The van der Waals surface area contributed by atoms with E-state index in [1.807, 2.05) is 36.4 Å². The van der Waals surface area contributed by atoms with Crippen molar-refractivity contribution >= 4 is 12.4 Å². The predicted molar refractivity (Wildman–Crippen MR) is 77.8 cm³/mol. The molecule has 0 aliphatic carbocycles. The third-order valence-corrected chi connectivity index (χ3v) is 3.51. The molecule has 1 aliphatic heterocycles. The number of aryl methyl sites for hydroxylation is 1. The van der Waals surface area contributed by atoms with Crippen LogP contribution in [0, 0.1) is 0 Å². The van der Waals surface area contributed by atoms with E-state index in [1.54, 1.807) is 7.11 Å². The number of halogens is 1. The Morgan fingerprint density at radius 2 is 1.68 bits per heavy atom.